The van der Waals surface area contributed by atoms with Crippen molar-refractivity contribution in [1.29, 1.82) is 0 Å². The van der Waals surface area contributed by atoms with Gasteiger partial charge in [-0.1, -0.05) is 362 Å². The first kappa shape index (κ1) is 96.8. The zero-order valence-corrected chi connectivity index (χ0v) is 66.9. The Balaban J connectivity index is 4.05. The van der Waals surface area contributed by atoms with E-state index in [4.69, 9.17) is 18.5 Å². The molecule has 0 aliphatic carbocycles. The van der Waals surface area contributed by atoms with Crippen LogP contribution in [0.2, 0.25) is 0 Å². The minimum absolute atomic E-state index is 0.0427. The van der Waals surface area contributed by atoms with Crippen LogP contribution in [-0.2, 0) is 32.7 Å². The third-order valence-corrected chi connectivity index (χ3v) is 18.1. The van der Waals surface area contributed by atoms with Crippen molar-refractivity contribution in [2.24, 2.45) is 0 Å². The summed E-state index contributed by atoms with van der Waals surface area (Å²) in [5.74, 6) is -0.857. The lowest BCUT2D eigenvalue weighted by atomic mass is 10.0. The molecule has 0 spiro atoms. The second kappa shape index (κ2) is 80.0. The SMILES string of the molecule is CC/C=C\C/C=C\C/C=C\C/C=C\C/C=C\C/C=C\C/C=C\C/C=C\C/C=C\C/C=C\C/C=C\CCCCCCCC(=O)OC(COC(=O)CCCCCCCCCCCCCCCCCCCCCCCCC/C=C\C/C=C\C/C=C\C/C=C\C/C=C\CC)COP(=O)([O-])OCC[N+](C)(C)C. The molecule has 0 aromatic carbocycles. The standard InChI is InChI=1S/C92H152NO8P/c1-6-8-10-12-14-16-18-20-22-24-26-28-30-32-34-36-38-40-42-44-46-48-50-52-54-56-58-60-62-64-66-68-70-72-74-76-78-80-82-84-91(94)98-88-90(89-100-102(96,97)99-87-86-93(3,4)5)101-92(95)85-83-81-79-77-75-73-71-69-67-65-63-61-59-57-55-53-51-49-47-45-43-41-39-37-35-33-31-29-27-25-23-21-19-17-15-13-11-9-7-2/h8-11,14-17,20-23,26-29,32-35,39,41,45,47,51,53,57,59,63,65,69,71,90H,6-7,12-13,18-19,24-25,30-31,36-38,40,42-44,46,48-50,52,54-56,58,60-62,64,66-68,70,72-89H2,1-5H3/b10-8-,11-9-,16-14-,17-15-,22-20-,23-21-,28-26-,29-27-,34-32-,35-33-,41-39-,47-45-,53-51-,59-57-,65-63-,71-69-. The van der Waals surface area contributed by atoms with E-state index in [0.29, 0.717) is 17.4 Å². The summed E-state index contributed by atoms with van der Waals surface area (Å²) >= 11 is 0. The fourth-order valence-electron chi connectivity index (χ4n) is 10.9. The molecule has 0 aromatic rings. The van der Waals surface area contributed by atoms with Crippen LogP contribution in [-0.4, -0.2) is 70.0 Å². The number of likely N-dealkylation sites (N-methyl/N-ethyl adjacent to an activating group) is 1. The molecule has 0 N–H and O–H groups in total. The van der Waals surface area contributed by atoms with E-state index in [1.54, 1.807) is 0 Å². The van der Waals surface area contributed by atoms with E-state index in [2.05, 4.69) is 208 Å². The van der Waals surface area contributed by atoms with E-state index in [9.17, 15) is 19.0 Å². The van der Waals surface area contributed by atoms with Gasteiger partial charge in [-0.3, -0.25) is 14.2 Å². The first-order valence-corrected chi connectivity index (χ1v) is 42.6. The normalized spacial score (nSPS) is 14.1. The summed E-state index contributed by atoms with van der Waals surface area (Å²) in [5, 5.41) is 0. The van der Waals surface area contributed by atoms with Gasteiger partial charge in [0.15, 0.2) is 6.10 Å². The van der Waals surface area contributed by atoms with Crippen molar-refractivity contribution >= 4 is 19.8 Å². The largest absolute Gasteiger partial charge is 0.756 e. The highest BCUT2D eigenvalue weighted by atomic mass is 31.2. The van der Waals surface area contributed by atoms with Gasteiger partial charge in [-0.25, -0.2) is 0 Å². The molecule has 0 saturated carbocycles. The van der Waals surface area contributed by atoms with Crippen molar-refractivity contribution in [3.8, 4) is 0 Å². The summed E-state index contributed by atoms with van der Waals surface area (Å²) in [6.45, 7) is 4.00. The molecule has 0 rings (SSSR count). The van der Waals surface area contributed by atoms with E-state index >= 15 is 0 Å². The molecular formula is C92H152NO8P. The highest BCUT2D eigenvalue weighted by Gasteiger charge is 2.22. The molecule has 2 atom stereocenters. The van der Waals surface area contributed by atoms with Gasteiger partial charge >= 0.3 is 11.9 Å². The van der Waals surface area contributed by atoms with Crippen LogP contribution >= 0.6 is 7.82 Å². The Labute approximate surface area is 628 Å². The van der Waals surface area contributed by atoms with E-state index in [1.165, 1.54) is 135 Å². The van der Waals surface area contributed by atoms with Gasteiger partial charge in [0.25, 0.3) is 7.82 Å². The Bertz CT molecular complexity index is 2440. The Morgan fingerprint density at radius 1 is 0.304 bits per heavy atom. The summed E-state index contributed by atoms with van der Waals surface area (Å²) < 4.78 is 34.4. The maximum atomic E-state index is 12.9. The third-order valence-electron chi connectivity index (χ3n) is 17.1. The van der Waals surface area contributed by atoms with Crippen LogP contribution in [0.5, 0.6) is 0 Å². The van der Waals surface area contributed by atoms with E-state index in [-0.39, 0.29) is 32.0 Å². The number of hydrogen-bond acceptors (Lipinski definition) is 8. The number of phosphoric acid groups is 1. The monoisotopic (exact) mass is 1430 g/mol. The van der Waals surface area contributed by atoms with Crippen molar-refractivity contribution in [2.75, 3.05) is 47.5 Å². The van der Waals surface area contributed by atoms with Crippen molar-refractivity contribution < 1.29 is 42.1 Å². The molecule has 0 aromatic heterocycles. The molecule has 9 nitrogen and oxygen atoms in total. The maximum Gasteiger partial charge on any atom is 0.306 e. The third kappa shape index (κ3) is 83.8. The number of nitrogens with zero attached hydrogens (tertiary/aromatic N) is 1. The van der Waals surface area contributed by atoms with Gasteiger partial charge in [0, 0.05) is 12.8 Å². The summed E-state index contributed by atoms with van der Waals surface area (Å²) in [4.78, 5) is 38.2. The number of quaternary nitrogens is 1. The quantitative estimate of drug-likeness (QED) is 0.0195. The topological polar surface area (TPSA) is 111 Å². The Kier molecular flexibility index (Phi) is 75.9. The minimum atomic E-state index is -4.66. The van der Waals surface area contributed by atoms with Crippen LogP contribution < -0.4 is 4.89 Å². The van der Waals surface area contributed by atoms with Crippen LogP contribution in [0.15, 0.2) is 194 Å². The highest BCUT2D eigenvalue weighted by Crippen LogP contribution is 2.38. The molecule has 2 unspecified atom stereocenters. The van der Waals surface area contributed by atoms with Gasteiger partial charge < -0.3 is 27.9 Å². The second-order valence-corrected chi connectivity index (χ2v) is 29.4. The first-order chi connectivity index (χ1) is 50.0. The molecule has 0 aliphatic rings. The van der Waals surface area contributed by atoms with Crippen LogP contribution in [0.4, 0.5) is 0 Å². The van der Waals surface area contributed by atoms with E-state index in [1.807, 2.05) is 21.1 Å². The van der Waals surface area contributed by atoms with Gasteiger partial charge in [0.05, 0.1) is 27.7 Å². The van der Waals surface area contributed by atoms with Gasteiger partial charge in [0.2, 0.25) is 0 Å². The van der Waals surface area contributed by atoms with Gasteiger partial charge in [-0.05, 0) is 141 Å². The Hall–Kier alpha value is -5.15. The Morgan fingerprint density at radius 3 is 0.784 bits per heavy atom. The average Bonchev–Trinajstić information content (AvgIpc) is 0.914. The average molecular weight is 1430 g/mol. The molecule has 0 amide bonds. The van der Waals surface area contributed by atoms with Gasteiger partial charge in [-0.15, -0.1) is 0 Å². The number of esters is 2. The summed E-state index contributed by atoms with van der Waals surface area (Å²) in [6.07, 6.45) is 124. The fourth-order valence-corrected chi connectivity index (χ4v) is 11.7. The molecule has 0 radical (unpaired) electrons. The number of rotatable bonds is 74. The highest BCUT2D eigenvalue weighted by molar-refractivity contribution is 7.45. The lowest BCUT2D eigenvalue weighted by Crippen LogP contribution is -2.37. The summed E-state index contributed by atoms with van der Waals surface area (Å²) in [5.41, 5.74) is 0. The van der Waals surface area contributed by atoms with Crippen molar-refractivity contribution in [3.63, 3.8) is 0 Å². The predicted octanol–water partition coefficient (Wildman–Crippen LogP) is 27.3. The molecular weight excluding hydrogens is 1280 g/mol. The molecule has 10 heteroatoms. The van der Waals surface area contributed by atoms with Gasteiger partial charge in [-0.2, -0.15) is 0 Å². The zero-order chi connectivity index (χ0) is 74.0. The smallest absolute Gasteiger partial charge is 0.306 e. The molecule has 0 bridgehead atoms. The molecule has 0 heterocycles. The van der Waals surface area contributed by atoms with Crippen molar-refractivity contribution in [3.05, 3.63) is 194 Å². The number of phosphoric ester groups is 1. The van der Waals surface area contributed by atoms with Crippen LogP contribution in [0.1, 0.15) is 322 Å². The Morgan fingerprint density at radius 2 is 0.529 bits per heavy atom. The van der Waals surface area contributed by atoms with E-state index in [0.717, 1.165) is 154 Å². The molecule has 0 aliphatic heterocycles. The van der Waals surface area contributed by atoms with Crippen LogP contribution in [0.3, 0.4) is 0 Å². The summed E-state index contributed by atoms with van der Waals surface area (Å²) in [7, 11) is 1.14. The molecule has 0 fully saturated rings. The number of carbonyl (C=O) groups excluding carboxylic acids is 2. The van der Waals surface area contributed by atoms with Crippen molar-refractivity contribution in [2.45, 2.75) is 328 Å². The fraction of sp³-hybridized carbons (Fsp3) is 0.630. The number of allylic oxidation sites excluding steroid dienone is 32. The van der Waals surface area contributed by atoms with Crippen LogP contribution in [0, 0.1) is 0 Å². The molecule has 102 heavy (non-hydrogen) atoms. The number of unbranched alkanes of at least 4 members (excludes halogenated alkanes) is 28. The number of hydrogen-bond donors (Lipinski definition) is 0. The van der Waals surface area contributed by atoms with Crippen LogP contribution in [0.25, 0.3) is 0 Å². The first-order valence-electron chi connectivity index (χ1n) is 41.1. The van der Waals surface area contributed by atoms with Crippen molar-refractivity contribution in [1.82, 2.24) is 0 Å². The van der Waals surface area contributed by atoms with E-state index < -0.39 is 26.5 Å². The maximum absolute atomic E-state index is 12.9. The molecule has 0 saturated heterocycles. The predicted molar refractivity (Wildman–Crippen MR) is 442 cm³/mol. The summed E-state index contributed by atoms with van der Waals surface area (Å²) in [6, 6.07) is 0. The number of carbonyl (C=O) groups is 2. The second-order valence-electron chi connectivity index (χ2n) is 28.0. The number of ether oxygens (including phenoxy) is 2. The lowest BCUT2D eigenvalue weighted by molar-refractivity contribution is -0.870. The lowest BCUT2D eigenvalue weighted by Gasteiger charge is -2.28. The minimum Gasteiger partial charge on any atom is -0.756 e. The molecule has 578 valence electrons. The van der Waals surface area contributed by atoms with Gasteiger partial charge in [0.1, 0.15) is 19.8 Å². The zero-order valence-electron chi connectivity index (χ0n) is 66.0.